The number of pyridine rings is 1. The summed E-state index contributed by atoms with van der Waals surface area (Å²) in [7, 11) is 0. The molecular formula is C13H11BrN4. The van der Waals surface area contributed by atoms with E-state index in [1.54, 1.807) is 6.07 Å². The van der Waals surface area contributed by atoms with E-state index in [1.807, 2.05) is 31.2 Å². The van der Waals surface area contributed by atoms with Crippen LogP contribution in [0.5, 0.6) is 0 Å². The van der Waals surface area contributed by atoms with Crippen LogP contribution in [-0.4, -0.2) is 4.98 Å². The summed E-state index contributed by atoms with van der Waals surface area (Å²) in [6, 6.07) is 9.47. The molecule has 0 unspecified atom stereocenters. The van der Waals surface area contributed by atoms with Crippen molar-refractivity contribution >= 4 is 33.1 Å². The molecule has 2 aromatic rings. The van der Waals surface area contributed by atoms with Gasteiger partial charge in [0, 0.05) is 10.7 Å². The van der Waals surface area contributed by atoms with Gasteiger partial charge in [0.25, 0.3) is 0 Å². The molecule has 90 valence electrons. The molecule has 4 nitrogen and oxygen atoms in total. The van der Waals surface area contributed by atoms with Gasteiger partial charge in [0.15, 0.2) is 5.82 Å². The summed E-state index contributed by atoms with van der Waals surface area (Å²) in [6.45, 7) is 2.00. The highest BCUT2D eigenvalue weighted by Gasteiger charge is 2.06. The summed E-state index contributed by atoms with van der Waals surface area (Å²) in [5.74, 6) is 0.542. The molecule has 1 heterocycles. The lowest BCUT2D eigenvalue weighted by atomic mass is 10.2. The van der Waals surface area contributed by atoms with Gasteiger partial charge in [-0.3, -0.25) is 0 Å². The quantitative estimate of drug-likeness (QED) is 0.892. The van der Waals surface area contributed by atoms with Crippen molar-refractivity contribution in [3.63, 3.8) is 0 Å². The Morgan fingerprint density at radius 1 is 1.44 bits per heavy atom. The number of aryl methyl sites for hydroxylation is 1. The first kappa shape index (κ1) is 12.4. The van der Waals surface area contributed by atoms with Crippen LogP contribution in [0, 0.1) is 18.3 Å². The summed E-state index contributed by atoms with van der Waals surface area (Å²) >= 11 is 3.51. The van der Waals surface area contributed by atoms with Crippen LogP contribution in [0.3, 0.4) is 0 Å². The molecule has 0 saturated carbocycles. The van der Waals surface area contributed by atoms with Crippen LogP contribution in [0.25, 0.3) is 0 Å². The minimum atomic E-state index is 0.446. The number of nitrogens with zero attached hydrogens (tertiary/aromatic N) is 2. The van der Waals surface area contributed by atoms with Crippen molar-refractivity contribution < 1.29 is 0 Å². The third-order valence-electron chi connectivity index (χ3n) is 2.49. The lowest BCUT2D eigenvalue weighted by Gasteiger charge is -2.11. The normalized spacial score (nSPS) is 9.83. The van der Waals surface area contributed by atoms with Crippen LogP contribution in [0.1, 0.15) is 11.1 Å². The second kappa shape index (κ2) is 5.07. The van der Waals surface area contributed by atoms with Crippen molar-refractivity contribution in [3.8, 4) is 6.07 Å². The first-order valence-electron chi connectivity index (χ1n) is 5.29. The van der Waals surface area contributed by atoms with Gasteiger partial charge in [0.2, 0.25) is 0 Å². The number of hydrogen-bond donors (Lipinski definition) is 2. The number of benzene rings is 1. The molecule has 0 radical (unpaired) electrons. The van der Waals surface area contributed by atoms with Crippen molar-refractivity contribution in [1.29, 1.82) is 5.26 Å². The number of nitrogen functional groups attached to an aromatic ring is 1. The SMILES string of the molecule is Cc1cccc(Nc2ncc(C#N)cc2N)c1Br. The van der Waals surface area contributed by atoms with Gasteiger partial charge in [-0.05, 0) is 40.5 Å². The van der Waals surface area contributed by atoms with E-state index in [0.29, 0.717) is 17.1 Å². The fraction of sp³-hybridized carbons (Fsp3) is 0.0769. The Hall–Kier alpha value is -2.06. The first-order valence-corrected chi connectivity index (χ1v) is 6.09. The van der Waals surface area contributed by atoms with Crippen LogP contribution in [0.4, 0.5) is 17.2 Å². The van der Waals surface area contributed by atoms with Crippen LogP contribution >= 0.6 is 15.9 Å². The van der Waals surface area contributed by atoms with Gasteiger partial charge in [-0.1, -0.05) is 12.1 Å². The summed E-state index contributed by atoms with van der Waals surface area (Å²) in [4.78, 5) is 4.14. The van der Waals surface area contributed by atoms with Crippen molar-refractivity contribution in [2.24, 2.45) is 0 Å². The molecule has 0 aliphatic rings. The molecule has 18 heavy (non-hydrogen) atoms. The zero-order valence-electron chi connectivity index (χ0n) is 9.74. The molecule has 0 atom stereocenters. The van der Waals surface area contributed by atoms with E-state index < -0.39 is 0 Å². The fourth-order valence-electron chi connectivity index (χ4n) is 1.52. The minimum Gasteiger partial charge on any atom is -0.396 e. The zero-order valence-corrected chi connectivity index (χ0v) is 11.3. The Morgan fingerprint density at radius 3 is 2.89 bits per heavy atom. The summed E-state index contributed by atoms with van der Waals surface area (Å²) in [6.07, 6.45) is 1.49. The molecule has 5 heteroatoms. The number of aromatic nitrogens is 1. The number of nitriles is 1. The number of halogens is 1. The maximum atomic E-state index is 8.75. The van der Waals surface area contributed by atoms with Gasteiger partial charge in [-0.2, -0.15) is 5.26 Å². The predicted molar refractivity (Wildman–Crippen MR) is 75.5 cm³/mol. The standard InChI is InChI=1S/C13H11BrN4/c1-8-3-2-4-11(12(8)14)18-13-10(16)5-9(6-15)7-17-13/h2-5,7H,16H2,1H3,(H,17,18). The largest absolute Gasteiger partial charge is 0.396 e. The molecule has 0 spiro atoms. The lowest BCUT2D eigenvalue weighted by Crippen LogP contribution is -2.00. The minimum absolute atomic E-state index is 0.446. The van der Waals surface area contributed by atoms with Crippen molar-refractivity contribution in [1.82, 2.24) is 4.98 Å². The van der Waals surface area contributed by atoms with E-state index in [9.17, 15) is 0 Å². The van der Waals surface area contributed by atoms with Crippen molar-refractivity contribution in [2.45, 2.75) is 6.92 Å². The number of nitrogens with one attached hydrogen (secondary N) is 1. The molecule has 1 aromatic heterocycles. The smallest absolute Gasteiger partial charge is 0.153 e. The van der Waals surface area contributed by atoms with Gasteiger partial charge in [0.1, 0.15) is 6.07 Å². The van der Waals surface area contributed by atoms with Crippen LogP contribution in [0.15, 0.2) is 34.9 Å². The third kappa shape index (κ3) is 2.44. The molecule has 0 amide bonds. The molecule has 1 aromatic carbocycles. The molecule has 0 bridgehead atoms. The third-order valence-corrected chi connectivity index (χ3v) is 3.54. The van der Waals surface area contributed by atoms with Gasteiger partial charge in [0.05, 0.1) is 16.9 Å². The zero-order chi connectivity index (χ0) is 13.1. The van der Waals surface area contributed by atoms with Crippen LogP contribution < -0.4 is 11.1 Å². The molecule has 0 aliphatic heterocycles. The summed E-state index contributed by atoms with van der Waals surface area (Å²) in [5.41, 5.74) is 8.74. The molecule has 0 saturated heterocycles. The van der Waals surface area contributed by atoms with Crippen LogP contribution in [0.2, 0.25) is 0 Å². The van der Waals surface area contributed by atoms with E-state index in [2.05, 4.69) is 26.2 Å². The van der Waals surface area contributed by atoms with Gasteiger partial charge in [-0.25, -0.2) is 4.98 Å². The Labute approximate surface area is 114 Å². The molecule has 0 aliphatic carbocycles. The fourth-order valence-corrected chi connectivity index (χ4v) is 1.88. The van der Waals surface area contributed by atoms with E-state index in [-0.39, 0.29) is 0 Å². The molecule has 3 N–H and O–H groups in total. The average Bonchev–Trinajstić information content (AvgIpc) is 2.37. The maximum absolute atomic E-state index is 8.75. The van der Waals surface area contributed by atoms with E-state index in [1.165, 1.54) is 6.20 Å². The number of rotatable bonds is 2. The first-order chi connectivity index (χ1) is 8.61. The van der Waals surface area contributed by atoms with Gasteiger partial charge >= 0.3 is 0 Å². The molecular weight excluding hydrogens is 292 g/mol. The van der Waals surface area contributed by atoms with E-state index >= 15 is 0 Å². The Bertz CT molecular complexity index is 631. The monoisotopic (exact) mass is 302 g/mol. The topological polar surface area (TPSA) is 74.7 Å². The molecule has 0 fully saturated rings. The second-order valence-electron chi connectivity index (χ2n) is 3.84. The summed E-state index contributed by atoms with van der Waals surface area (Å²) in [5, 5.41) is 11.9. The highest BCUT2D eigenvalue weighted by molar-refractivity contribution is 9.10. The Balaban J connectivity index is 2.35. The van der Waals surface area contributed by atoms with Crippen molar-refractivity contribution in [3.05, 3.63) is 46.1 Å². The van der Waals surface area contributed by atoms with Crippen LogP contribution in [-0.2, 0) is 0 Å². The molecule has 2 rings (SSSR count). The van der Waals surface area contributed by atoms with Crippen molar-refractivity contribution in [2.75, 3.05) is 11.1 Å². The maximum Gasteiger partial charge on any atom is 0.153 e. The Kier molecular flexibility index (Phi) is 3.49. The number of hydrogen-bond acceptors (Lipinski definition) is 4. The number of nitrogens with two attached hydrogens (primary N) is 1. The van der Waals surface area contributed by atoms with Gasteiger partial charge in [-0.15, -0.1) is 0 Å². The average molecular weight is 303 g/mol. The second-order valence-corrected chi connectivity index (χ2v) is 4.63. The van der Waals surface area contributed by atoms with E-state index in [0.717, 1.165) is 15.7 Å². The summed E-state index contributed by atoms with van der Waals surface area (Å²) < 4.78 is 0.968. The Morgan fingerprint density at radius 2 is 2.22 bits per heavy atom. The number of anilines is 3. The highest BCUT2D eigenvalue weighted by atomic mass is 79.9. The van der Waals surface area contributed by atoms with Gasteiger partial charge < -0.3 is 11.1 Å². The van der Waals surface area contributed by atoms with E-state index in [4.69, 9.17) is 11.0 Å². The lowest BCUT2D eigenvalue weighted by molar-refractivity contribution is 1.28. The highest BCUT2D eigenvalue weighted by Crippen LogP contribution is 2.29. The predicted octanol–water partition coefficient (Wildman–Crippen LogP) is 3.35.